The molecule has 2 N–H and O–H groups in total. The highest BCUT2D eigenvalue weighted by molar-refractivity contribution is 6.26. The van der Waals surface area contributed by atoms with Gasteiger partial charge < -0.3 is 15.4 Å². The molecule has 1 aliphatic heterocycles. The quantitative estimate of drug-likeness (QED) is 0.136. The average molecular weight is 558 g/mol. The van der Waals surface area contributed by atoms with Crippen LogP contribution in [0.2, 0.25) is 0 Å². The maximum absolute atomic E-state index is 13.1. The highest BCUT2D eigenvalue weighted by Crippen LogP contribution is 2.38. The van der Waals surface area contributed by atoms with Gasteiger partial charge >= 0.3 is 5.97 Å². The van der Waals surface area contributed by atoms with Crippen molar-refractivity contribution in [1.82, 2.24) is 10.2 Å². The van der Waals surface area contributed by atoms with Crippen molar-refractivity contribution < 1.29 is 23.9 Å². The van der Waals surface area contributed by atoms with E-state index < -0.39 is 11.4 Å². The molecule has 0 fully saturated rings. The number of ether oxygens (including phenoxy) is 1. The van der Waals surface area contributed by atoms with Crippen LogP contribution in [-0.4, -0.2) is 48.2 Å². The molecule has 3 aromatic carbocycles. The number of imide groups is 1. The number of carbonyl (C=O) groups is 4. The predicted octanol–water partition coefficient (Wildman–Crippen LogP) is 5.67. The molecule has 8 nitrogen and oxygen atoms in total. The summed E-state index contributed by atoms with van der Waals surface area (Å²) in [6.07, 6.45) is 1.88. The number of rotatable bonds is 11. The molecule has 1 aliphatic rings. The summed E-state index contributed by atoms with van der Waals surface area (Å²) in [5, 5.41) is 7.80. The van der Waals surface area contributed by atoms with E-state index in [0.717, 1.165) is 40.6 Å². The lowest BCUT2D eigenvalue weighted by atomic mass is 9.78. The summed E-state index contributed by atoms with van der Waals surface area (Å²) in [5.74, 6) is -0.541. The highest BCUT2D eigenvalue weighted by Gasteiger charge is 2.33. The Morgan fingerprint density at radius 1 is 0.976 bits per heavy atom. The second-order valence-electron chi connectivity index (χ2n) is 11.4. The molecule has 1 heterocycles. The van der Waals surface area contributed by atoms with Crippen LogP contribution in [0, 0.1) is 13.8 Å². The Labute approximate surface area is 241 Å². The maximum Gasteiger partial charge on any atom is 0.308 e. The number of unbranched alkanes of at least 4 members (excludes halogenated alkanes) is 1. The van der Waals surface area contributed by atoms with Gasteiger partial charge in [0.25, 0.3) is 11.8 Å². The molecule has 0 radical (unpaired) electrons. The van der Waals surface area contributed by atoms with Gasteiger partial charge in [-0.2, -0.15) is 0 Å². The molecule has 0 aliphatic carbocycles. The van der Waals surface area contributed by atoms with E-state index in [1.54, 1.807) is 12.1 Å². The predicted molar refractivity (Wildman–Crippen MR) is 161 cm³/mol. The van der Waals surface area contributed by atoms with Crippen LogP contribution in [0.25, 0.3) is 10.8 Å². The highest BCUT2D eigenvalue weighted by atomic mass is 16.5. The molecule has 3 amide bonds. The minimum Gasteiger partial charge on any atom is -0.426 e. The second kappa shape index (κ2) is 12.1. The average Bonchev–Trinajstić information content (AvgIpc) is 2.88. The summed E-state index contributed by atoms with van der Waals surface area (Å²) in [6.45, 7) is 12.5. The van der Waals surface area contributed by atoms with Gasteiger partial charge in [-0.1, -0.05) is 45.4 Å². The summed E-state index contributed by atoms with van der Waals surface area (Å²) in [5.41, 5.74) is 4.08. The Kier molecular flexibility index (Phi) is 8.80. The number of esters is 1. The maximum atomic E-state index is 13.1. The van der Waals surface area contributed by atoms with Crippen LogP contribution in [0.5, 0.6) is 5.75 Å². The third-order valence-electron chi connectivity index (χ3n) is 7.47. The monoisotopic (exact) mass is 557 g/mol. The topological polar surface area (TPSA) is 105 Å². The number of aryl methyl sites for hydroxylation is 2. The van der Waals surface area contributed by atoms with Crippen molar-refractivity contribution in [1.29, 1.82) is 0 Å². The van der Waals surface area contributed by atoms with Crippen molar-refractivity contribution in [3.8, 4) is 5.75 Å². The molecule has 0 saturated heterocycles. The number of carbonyl (C=O) groups excluding carboxylic acids is 4. The van der Waals surface area contributed by atoms with Crippen LogP contribution < -0.4 is 15.4 Å². The largest absolute Gasteiger partial charge is 0.426 e. The lowest BCUT2D eigenvalue weighted by Crippen LogP contribution is -2.40. The first-order chi connectivity index (χ1) is 19.4. The van der Waals surface area contributed by atoms with E-state index in [-0.39, 0.29) is 24.1 Å². The summed E-state index contributed by atoms with van der Waals surface area (Å²) in [4.78, 5) is 52.2. The number of hydrogen-bond donors (Lipinski definition) is 2. The summed E-state index contributed by atoms with van der Waals surface area (Å²) in [7, 11) is 0. The van der Waals surface area contributed by atoms with Crippen molar-refractivity contribution in [3.63, 3.8) is 0 Å². The van der Waals surface area contributed by atoms with Gasteiger partial charge in [0, 0.05) is 71.5 Å². The number of nitrogens with one attached hydrogen (secondary N) is 2. The van der Waals surface area contributed by atoms with E-state index in [4.69, 9.17) is 4.74 Å². The van der Waals surface area contributed by atoms with Gasteiger partial charge in [0.05, 0.1) is 0 Å². The van der Waals surface area contributed by atoms with Gasteiger partial charge in [0.2, 0.25) is 5.91 Å². The normalized spacial score (nSPS) is 13.0. The molecule has 4 rings (SSSR count). The van der Waals surface area contributed by atoms with Crippen LogP contribution in [0.15, 0.2) is 42.5 Å². The fraction of sp³-hybridized carbons (Fsp3) is 0.394. The molecule has 0 atom stereocenters. The summed E-state index contributed by atoms with van der Waals surface area (Å²) in [6, 6.07) is 13.0. The van der Waals surface area contributed by atoms with Crippen LogP contribution in [-0.2, 0) is 15.0 Å². The van der Waals surface area contributed by atoms with Crippen molar-refractivity contribution in [2.45, 2.75) is 66.2 Å². The van der Waals surface area contributed by atoms with Gasteiger partial charge in [0.15, 0.2) is 0 Å². The third kappa shape index (κ3) is 6.26. The van der Waals surface area contributed by atoms with Crippen molar-refractivity contribution in [2.24, 2.45) is 0 Å². The minimum absolute atomic E-state index is 0.120. The Morgan fingerprint density at radius 3 is 2.37 bits per heavy atom. The van der Waals surface area contributed by atoms with E-state index in [1.807, 2.05) is 65.0 Å². The molecule has 0 aromatic heterocycles. The van der Waals surface area contributed by atoms with E-state index in [9.17, 15) is 19.2 Å². The lowest BCUT2D eigenvalue weighted by Gasteiger charge is -2.29. The zero-order chi connectivity index (χ0) is 29.9. The van der Waals surface area contributed by atoms with Crippen LogP contribution in [0.3, 0.4) is 0 Å². The first-order valence-corrected chi connectivity index (χ1v) is 14.2. The van der Waals surface area contributed by atoms with Gasteiger partial charge in [-0.15, -0.1) is 0 Å². The smallest absolute Gasteiger partial charge is 0.308 e. The molecule has 3 aromatic rings. The van der Waals surface area contributed by atoms with Gasteiger partial charge in [-0.3, -0.25) is 24.1 Å². The molecule has 8 heteroatoms. The zero-order valence-corrected chi connectivity index (χ0v) is 24.8. The van der Waals surface area contributed by atoms with Gasteiger partial charge in [-0.25, -0.2) is 0 Å². The SMILES string of the molecule is CCCCN1C(=O)c2cccc3c(NCCNC(=O)CC(C)(C)c4c(C)cc(C)cc4OC(C)=O)ccc(c23)C1=O. The molecule has 0 spiro atoms. The van der Waals surface area contributed by atoms with Crippen LogP contribution >= 0.6 is 0 Å². The van der Waals surface area contributed by atoms with E-state index in [2.05, 4.69) is 10.6 Å². The fourth-order valence-corrected chi connectivity index (χ4v) is 5.80. The van der Waals surface area contributed by atoms with E-state index in [0.29, 0.717) is 41.9 Å². The second-order valence-corrected chi connectivity index (χ2v) is 11.4. The Balaban J connectivity index is 1.42. The molecular weight excluding hydrogens is 518 g/mol. The minimum atomic E-state index is -0.569. The van der Waals surface area contributed by atoms with Crippen LogP contribution in [0.1, 0.15) is 84.4 Å². The number of nitrogens with zero attached hydrogens (tertiary/aromatic N) is 1. The molecule has 216 valence electrons. The van der Waals surface area contributed by atoms with Crippen molar-refractivity contribution >= 4 is 40.2 Å². The molecule has 41 heavy (non-hydrogen) atoms. The first kappa shape index (κ1) is 29.8. The molecular formula is C33H39N3O5. The number of anilines is 1. The lowest BCUT2D eigenvalue weighted by molar-refractivity contribution is -0.132. The Bertz CT molecular complexity index is 1500. The van der Waals surface area contributed by atoms with Crippen LogP contribution in [0.4, 0.5) is 5.69 Å². The molecule has 0 saturated carbocycles. The van der Waals surface area contributed by atoms with E-state index >= 15 is 0 Å². The molecule has 0 bridgehead atoms. The first-order valence-electron chi connectivity index (χ1n) is 14.2. The van der Waals surface area contributed by atoms with Crippen molar-refractivity contribution in [2.75, 3.05) is 25.0 Å². The van der Waals surface area contributed by atoms with Crippen molar-refractivity contribution in [3.05, 3.63) is 70.3 Å². The van der Waals surface area contributed by atoms with Gasteiger partial charge in [-0.05, 0) is 55.7 Å². The summed E-state index contributed by atoms with van der Waals surface area (Å²) < 4.78 is 5.50. The molecule has 0 unspecified atom stereocenters. The van der Waals surface area contributed by atoms with Gasteiger partial charge in [0.1, 0.15) is 5.75 Å². The Hall–Kier alpha value is -4.20. The third-order valence-corrected chi connectivity index (χ3v) is 7.47. The fourth-order valence-electron chi connectivity index (χ4n) is 5.80. The number of hydrogen-bond acceptors (Lipinski definition) is 6. The number of benzene rings is 3. The zero-order valence-electron chi connectivity index (χ0n) is 24.8. The number of amides is 3. The van der Waals surface area contributed by atoms with E-state index in [1.165, 1.54) is 11.8 Å². The Morgan fingerprint density at radius 2 is 1.68 bits per heavy atom. The standard InChI is InChI=1S/C33H39N3O5/c1-7-8-16-36-31(39)24-11-9-10-23-26(13-12-25(29(23)24)32(36)40)34-14-15-35-28(38)19-33(5,6)30-21(3)17-20(2)18-27(30)41-22(4)37/h9-13,17-18,34H,7-8,14-16,19H2,1-6H3,(H,35,38). The summed E-state index contributed by atoms with van der Waals surface area (Å²) >= 11 is 0.